The molecule has 0 bridgehead atoms. The zero-order valence-corrected chi connectivity index (χ0v) is 9.48. The normalized spacial score (nSPS) is 10.9. The molecule has 0 atom stereocenters. The second-order valence-electron chi connectivity index (χ2n) is 3.74. The SMILES string of the molecule is O=Nc1ccc2c(Cl)c3ccccc3nc2c1. The van der Waals surface area contributed by atoms with Crippen LogP contribution in [0.3, 0.4) is 0 Å². The zero-order chi connectivity index (χ0) is 11.8. The first kappa shape index (κ1) is 10.2. The molecular formula is C13H7ClN2O. The number of hydrogen-bond donors (Lipinski definition) is 0. The van der Waals surface area contributed by atoms with Crippen LogP contribution in [0.2, 0.25) is 5.02 Å². The van der Waals surface area contributed by atoms with Gasteiger partial charge in [0.1, 0.15) is 5.69 Å². The first-order valence-corrected chi connectivity index (χ1v) is 5.49. The third-order valence-corrected chi connectivity index (χ3v) is 3.11. The van der Waals surface area contributed by atoms with Gasteiger partial charge in [0.25, 0.3) is 0 Å². The number of halogens is 1. The Hall–Kier alpha value is -2.00. The lowest BCUT2D eigenvalue weighted by Gasteiger charge is -2.04. The summed E-state index contributed by atoms with van der Waals surface area (Å²) in [5.74, 6) is 0. The molecule has 3 nitrogen and oxygen atoms in total. The molecule has 0 aliphatic carbocycles. The maximum absolute atomic E-state index is 10.5. The summed E-state index contributed by atoms with van der Waals surface area (Å²) in [5, 5.41) is 5.29. The topological polar surface area (TPSA) is 42.3 Å². The van der Waals surface area contributed by atoms with Gasteiger partial charge in [-0.3, -0.25) is 0 Å². The maximum atomic E-state index is 10.5. The van der Waals surface area contributed by atoms with Gasteiger partial charge in [0, 0.05) is 10.8 Å². The van der Waals surface area contributed by atoms with Crippen molar-refractivity contribution in [3.63, 3.8) is 0 Å². The van der Waals surface area contributed by atoms with Gasteiger partial charge in [0.2, 0.25) is 0 Å². The minimum atomic E-state index is 0.358. The lowest BCUT2D eigenvalue weighted by molar-refractivity contribution is 1.46. The molecule has 0 fully saturated rings. The van der Waals surface area contributed by atoms with Crippen LogP contribution in [-0.2, 0) is 0 Å². The van der Waals surface area contributed by atoms with E-state index >= 15 is 0 Å². The molecule has 82 valence electrons. The van der Waals surface area contributed by atoms with Gasteiger partial charge in [-0.2, -0.15) is 0 Å². The standard InChI is InChI=1S/C13H7ClN2O/c14-13-9-3-1-2-4-11(9)15-12-7-8(16-17)5-6-10(12)13/h1-7H. The Bertz CT molecular complexity index is 740. The largest absolute Gasteiger partial charge is 0.248 e. The Kier molecular flexibility index (Phi) is 2.27. The predicted octanol–water partition coefficient (Wildman–Crippen LogP) is 4.44. The first-order chi connectivity index (χ1) is 8.29. The van der Waals surface area contributed by atoms with E-state index in [9.17, 15) is 4.91 Å². The fourth-order valence-corrected chi connectivity index (χ4v) is 2.21. The minimum Gasteiger partial charge on any atom is -0.248 e. The van der Waals surface area contributed by atoms with Crippen molar-refractivity contribution in [1.29, 1.82) is 0 Å². The minimum absolute atomic E-state index is 0.358. The van der Waals surface area contributed by atoms with Crippen LogP contribution in [0.25, 0.3) is 21.8 Å². The van der Waals surface area contributed by atoms with Gasteiger partial charge in [0.15, 0.2) is 0 Å². The van der Waals surface area contributed by atoms with E-state index in [0.717, 1.165) is 16.3 Å². The van der Waals surface area contributed by atoms with Crippen molar-refractivity contribution in [3.8, 4) is 0 Å². The third-order valence-electron chi connectivity index (χ3n) is 2.70. The first-order valence-electron chi connectivity index (χ1n) is 5.11. The van der Waals surface area contributed by atoms with E-state index in [0.29, 0.717) is 16.2 Å². The average molecular weight is 243 g/mol. The van der Waals surface area contributed by atoms with Crippen molar-refractivity contribution >= 4 is 39.1 Å². The molecule has 17 heavy (non-hydrogen) atoms. The number of para-hydroxylation sites is 1. The predicted molar refractivity (Wildman–Crippen MR) is 69.7 cm³/mol. The molecule has 0 amide bonds. The molecule has 1 heterocycles. The third kappa shape index (κ3) is 1.56. The molecule has 3 rings (SSSR count). The molecule has 3 aromatic rings. The maximum Gasteiger partial charge on any atom is 0.110 e. The van der Waals surface area contributed by atoms with Crippen molar-refractivity contribution in [3.05, 3.63) is 52.4 Å². The van der Waals surface area contributed by atoms with Gasteiger partial charge < -0.3 is 0 Å². The van der Waals surface area contributed by atoms with Crippen LogP contribution >= 0.6 is 11.6 Å². The fraction of sp³-hybridized carbons (Fsp3) is 0. The summed E-state index contributed by atoms with van der Waals surface area (Å²) in [6, 6.07) is 12.7. The van der Waals surface area contributed by atoms with Gasteiger partial charge in [0.05, 0.1) is 16.1 Å². The van der Waals surface area contributed by atoms with E-state index in [2.05, 4.69) is 10.2 Å². The van der Waals surface area contributed by atoms with Crippen LogP contribution in [0.4, 0.5) is 5.69 Å². The highest BCUT2D eigenvalue weighted by atomic mass is 35.5. The summed E-state index contributed by atoms with van der Waals surface area (Å²) >= 11 is 6.32. The highest BCUT2D eigenvalue weighted by molar-refractivity contribution is 6.40. The number of rotatable bonds is 1. The summed E-state index contributed by atoms with van der Waals surface area (Å²) in [5.41, 5.74) is 1.86. The van der Waals surface area contributed by atoms with Gasteiger partial charge in [-0.05, 0) is 29.4 Å². The molecule has 0 spiro atoms. The summed E-state index contributed by atoms with van der Waals surface area (Å²) in [4.78, 5) is 15.0. The Balaban J connectivity index is 2.49. The van der Waals surface area contributed by atoms with Crippen LogP contribution in [-0.4, -0.2) is 4.98 Å². The zero-order valence-electron chi connectivity index (χ0n) is 8.72. The van der Waals surface area contributed by atoms with Gasteiger partial charge in [-0.1, -0.05) is 29.8 Å². The van der Waals surface area contributed by atoms with Crippen LogP contribution in [0.1, 0.15) is 0 Å². The number of pyridine rings is 1. The number of nitrogens with zero attached hydrogens (tertiary/aromatic N) is 2. The highest BCUT2D eigenvalue weighted by Crippen LogP contribution is 2.31. The van der Waals surface area contributed by atoms with Gasteiger partial charge in [-0.25, -0.2) is 4.98 Å². The lowest BCUT2D eigenvalue weighted by Crippen LogP contribution is -1.84. The Morgan fingerprint density at radius 3 is 2.59 bits per heavy atom. The van der Waals surface area contributed by atoms with Crippen molar-refractivity contribution in [2.75, 3.05) is 0 Å². The average Bonchev–Trinajstić information content (AvgIpc) is 2.38. The summed E-state index contributed by atoms with van der Waals surface area (Å²) < 4.78 is 0. The summed E-state index contributed by atoms with van der Waals surface area (Å²) in [6.45, 7) is 0. The number of fused-ring (bicyclic) bond motifs is 2. The highest BCUT2D eigenvalue weighted by Gasteiger charge is 2.07. The molecule has 0 saturated heterocycles. The number of hydrogen-bond acceptors (Lipinski definition) is 3. The van der Waals surface area contributed by atoms with Gasteiger partial charge in [-0.15, -0.1) is 4.91 Å². The Morgan fingerprint density at radius 1 is 1.00 bits per heavy atom. The molecule has 0 unspecified atom stereocenters. The molecule has 0 aliphatic rings. The molecule has 0 radical (unpaired) electrons. The molecule has 0 saturated carbocycles. The van der Waals surface area contributed by atoms with E-state index in [1.54, 1.807) is 18.2 Å². The number of aromatic nitrogens is 1. The molecule has 4 heteroatoms. The number of benzene rings is 2. The van der Waals surface area contributed by atoms with E-state index < -0.39 is 0 Å². The van der Waals surface area contributed by atoms with E-state index in [4.69, 9.17) is 11.6 Å². The molecule has 1 aromatic heterocycles. The van der Waals surface area contributed by atoms with Crippen molar-refractivity contribution in [1.82, 2.24) is 4.98 Å². The fourth-order valence-electron chi connectivity index (χ4n) is 1.89. The summed E-state index contributed by atoms with van der Waals surface area (Å²) in [6.07, 6.45) is 0. The van der Waals surface area contributed by atoms with Crippen molar-refractivity contribution in [2.45, 2.75) is 0 Å². The van der Waals surface area contributed by atoms with Crippen LogP contribution in [0, 0.1) is 4.91 Å². The quantitative estimate of drug-likeness (QED) is 0.468. The monoisotopic (exact) mass is 242 g/mol. The Morgan fingerprint density at radius 2 is 1.76 bits per heavy atom. The molecule has 0 aliphatic heterocycles. The molecular weight excluding hydrogens is 236 g/mol. The lowest BCUT2D eigenvalue weighted by atomic mass is 10.1. The smallest absolute Gasteiger partial charge is 0.110 e. The van der Waals surface area contributed by atoms with E-state index in [1.165, 1.54) is 0 Å². The van der Waals surface area contributed by atoms with Crippen LogP contribution < -0.4 is 0 Å². The van der Waals surface area contributed by atoms with Crippen LogP contribution in [0.15, 0.2) is 47.6 Å². The Labute approximate surface area is 102 Å². The number of nitroso groups, excluding NO2 is 1. The second-order valence-corrected chi connectivity index (χ2v) is 4.11. The van der Waals surface area contributed by atoms with Crippen LogP contribution in [0.5, 0.6) is 0 Å². The molecule has 0 N–H and O–H groups in total. The van der Waals surface area contributed by atoms with E-state index in [1.807, 2.05) is 24.3 Å². The van der Waals surface area contributed by atoms with Gasteiger partial charge >= 0.3 is 0 Å². The molecule has 2 aromatic carbocycles. The second kappa shape index (κ2) is 3.79. The summed E-state index contributed by atoms with van der Waals surface area (Å²) in [7, 11) is 0. The van der Waals surface area contributed by atoms with Crippen molar-refractivity contribution < 1.29 is 0 Å². The van der Waals surface area contributed by atoms with E-state index in [-0.39, 0.29) is 0 Å². The van der Waals surface area contributed by atoms with Crippen molar-refractivity contribution in [2.24, 2.45) is 5.18 Å².